The van der Waals surface area contributed by atoms with Crippen LogP contribution in [0.15, 0.2) is 60.7 Å². The first-order chi connectivity index (χ1) is 14.2. The number of carboxylic acids is 1. The number of aromatic carboxylic acids is 1. The van der Waals surface area contributed by atoms with E-state index < -0.39 is 5.97 Å². The Balaban J connectivity index is 1.49. The van der Waals surface area contributed by atoms with E-state index >= 15 is 0 Å². The van der Waals surface area contributed by atoms with Gasteiger partial charge < -0.3 is 24.1 Å². The zero-order valence-corrected chi connectivity index (χ0v) is 16.3. The molecule has 0 aliphatic heterocycles. The summed E-state index contributed by atoms with van der Waals surface area (Å²) in [5.41, 5.74) is 1.30. The summed E-state index contributed by atoms with van der Waals surface area (Å²) in [4.78, 5) is 11.1. The summed E-state index contributed by atoms with van der Waals surface area (Å²) in [6, 6.07) is 18.4. The second-order valence-electron chi connectivity index (χ2n) is 6.42. The first-order valence-electron chi connectivity index (χ1n) is 9.34. The van der Waals surface area contributed by atoms with Gasteiger partial charge in [0.2, 0.25) is 0 Å². The van der Waals surface area contributed by atoms with Crippen molar-refractivity contribution in [1.29, 1.82) is 0 Å². The van der Waals surface area contributed by atoms with Gasteiger partial charge in [0, 0.05) is 7.11 Å². The number of hydrogen-bond donors (Lipinski definition) is 1. The number of ether oxygens (including phenoxy) is 4. The van der Waals surface area contributed by atoms with Crippen molar-refractivity contribution in [2.24, 2.45) is 0 Å². The molecule has 0 fully saturated rings. The maximum atomic E-state index is 11.1. The number of fused-ring (bicyclic) bond motifs is 1. The molecule has 152 valence electrons. The molecule has 6 nitrogen and oxygen atoms in total. The minimum Gasteiger partial charge on any atom is -0.491 e. The van der Waals surface area contributed by atoms with Gasteiger partial charge in [0.1, 0.15) is 24.7 Å². The molecule has 29 heavy (non-hydrogen) atoms. The third-order valence-electron chi connectivity index (χ3n) is 4.32. The summed E-state index contributed by atoms with van der Waals surface area (Å²) < 4.78 is 21.8. The number of methoxy groups -OCH3 is 1. The van der Waals surface area contributed by atoms with E-state index in [0.29, 0.717) is 33.0 Å². The van der Waals surface area contributed by atoms with E-state index in [0.717, 1.165) is 27.8 Å². The van der Waals surface area contributed by atoms with Crippen molar-refractivity contribution >= 4 is 16.7 Å². The fraction of sp³-hybridized carbons (Fsp3) is 0.261. The molecule has 0 heterocycles. The fourth-order valence-electron chi connectivity index (χ4n) is 2.76. The average Bonchev–Trinajstić information content (AvgIpc) is 2.75. The smallest absolute Gasteiger partial charge is 0.335 e. The third-order valence-corrected chi connectivity index (χ3v) is 4.32. The summed E-state index contributed by atoms with van der Waals surface area (Å²) in [6.45, 7) is 2.57. The highest BCUT2D eigenvalue weighted by molar-refractivity contribution is 5.94. The lowest BCUT2D eigenvalue weighted by molar-refractivity contribution is 0.0544. The summed E-state index contributed by atoms with van der Waals surface area (Å²) in [6.07, 6.45) is 0. The fourth-order valence-corrected chi connectivity index (χ4v) is 2.76. The van der Waals surface area contributed by atoms with Gasteiger partial charge >= 0.3 is 5.97 Å². The standard InChI is InChI=1S/C23H24O6/c1-26-10-11-27-12-13-28-21-7-2-17(3-8-21)16-29-22-9-6-18-14-20(23(24)25)5-4-19(18)15-22/h2-9,14-15H,10-13,16H2,1H3,(H,24,25). The zero-order valence-electron chi connectivity index (χ0n) is 16.3. The van der Waals surface area contributed by atoms with Gasteiger partial charge in [-0.1, -0.05) is 24.3 Å². The van der Waals surface area contributed by atoms with Gasteiger partial charge in [-0.15, -0.1) is 0 Å². The number of rotatable bonds is 11. The molecule has 3 rings (SSSR count). The Morgan fingerprint density at radius 2 is 1.48 bits per heavy atom. The number of carboxylic acid groups (broad SMARTS) is 1. The summed E-state index contributed by atoms with van der Waals surface area (Å²) >= 11 is 0. The molecule has 0 unspecified atom stereocenters. The van der Waals surface area contributed by atoms with Crippen LogP contribution in [0.3, 0.4) is 0 Å². The molecule has 0 amide bonds. The topological polar surface area (TPSA) is 74.2 Å². The predicted molar refractivity (Wildman–Crippen MR) is 110 cm³/mol. The SMILES string of the molecule is COCCOCCOc1ccc(COc2ccc3cc(C(=O)O)ccc3c2)cc1. The molecule has 1 N–H and O–H groups in total. The Morgan fingerprint density at radius 1 is 0.793 bits per heavy atom. The molecule has 0 spiro atoms. The van der Waals surface area contributed by atoms with Gasteiger partial charge in [-0.05, 0) is 52.7 Å². The van der Waals surface area contributed by atoms with Gasteiger partial charge in [0.25, 0.3) is 0 Å². The van der Waals surface area contributed by atoms with E-state index in [1.54, 1.807) is 25.3 Å². The van der Waals surface area contributed by atoms with Crippen LogP contribution in [0.4, 0.5) is 0 Å². The first-order valence-corrected chi connectivity index (χ1v) is 9.34. The largest absolute Gasteiger partial charge is 0.491 e. The van der Waals surface area contributed by atoms with Gasteiger partial charge in [-0.2, -0.15) is 0 Å². The van der Waals surface area contributed by atoms with Crippen molar-refractivity contribution in [3.05, 3.63) is 71.8 Å². The highest BCUT2D eigenvalue weighted by Crippen LogP contribution is 2.23. The van der Waals surface area contributed by atoms with Crippen molar-refractivity contribution < 1.29 is 28.8 Å². The third kappa shape index (κ3) is 6.20. The molecular weight excluding hydrogens is 372 g/mol. The minimum atomic E-state index is -0.932. The number of hydrogen-bond acceptors (Lipinski definition) is 5. The molecule has 0 saturated heterocycles. The van der Waals surface area contributed by atoms with E-state index in [1.807, 2.05) is 42.5 Å². The van der Waals surface area contributed by atoms with Crippen molar-refractivity contribution in [3.63, 3.8) is 0 Å². The van der Waals surface area contributed by atoms with Gasteiger partial charge in [0.15, 0.2) is 0 Å². The Bertz CT molecular complexity index is 936. The van der Waals surface area contributed by atoms with Gasteiger partial charge in [-0.25, -0.2) is 4.79 Å². The lowest BCUT2D eigenvalue weighted by Gasteiger charge is -2.10. The summed E-state index contributed by atoms with van der Waals surface area (Å²) in [7, 11) is 1.64. The van der Waals surface area contributed by atoms with E-state index in [-0.39, 0.29) is 5.56 Å². The molecular formula is C23H24O6. The van der Waals surface area contributed by atoms with Crippen LogP contribution in [0.2, 0.25) is 0 Å². The van der Waals surface area contributed by atoms with Crippen LogP contribution in [0.1, 0.15) is 15.9 Å². The van der Waals surface area contributed by atoms with Crippen molar-refractivity contribution in [2.75, 3.05) is 33.5 Å². The summed E-state index contributed by atoms with van der Waals surface area (Å²) in [5.74, 6) is 0.580. The summed E-state index contributed by atoms with van der Waals surface area (Å²) in [5, 5.41) is 10.9. The minimum absolute atomic E-state index is 0.273. The molecule has 0 atom stereocenters. The lowest BCUT2D eigenvalue weighted by Crippen LogP contribution is -2.10. The number of carbonyl (C=O) groups is 1. The van der Waals surface area contributed by atoms with Crippen LogP contribution in [-0.2, 0) is 16.1 Å². The van der Waals surface area contributed by atoms with Crippen LogP contribution < -0.4 is 9.47 Å². The van der Waals surface area contributed by atoms with Gasteiger partial charge in [0.05, 0.1) is 25.4 Å². The normalized spacial score (nSPS) is 10.8. The average molecular weight is 396 g/mol. The Kier molecular flexibility index (Phi) is 7.44. The van der Waals surface area contributed by atoms with Crippen LogP contribution in [0.25, 0.3) is 10.8 Å². The van der Waals surface area contributed by atoms with E-state index in [9.17, 15) is 4.79 Å². The molecule has 3 aromatic rings. The maximum absolute atomic E-state index is 11.1. The molecule has 6 heteroatoms. The van der Waals surface area contributed by atoms with Crippen LogP contribution >= 0.6 is 0 Å². The Labute approximate surface area is 169 Å². The van der Waals surface area contributed by atoms with E-state index in [2.05, 4.69) is 0 Å². The molecule has 0 saturated carbocycles. The maximum Gasteiger partial charge on any atom is 0.335 e. The van der Waals surface area contributed by atoms with Crippen molar-refractivity contribution in [2.45, 2.75) is 6.61 Å². The monoisotopic (exact) mass is 396 g/mol. The van der Waals surface area contributed by atoms with Gasteiger partial charge in [-0.3, -0.25) is 0 Å². The molecule has 0 aliphatic carbocycles. The lowest BCUT2D eigenvalue weighted by atomic mass is 10.1. The van der Waals surface area contributed by atoms with Crippen LogP contribution in [-0.4, -0.2) is 44.6 Å². The van der Waals surface area contributed by atoms with E-state index in [4.69, 9.17) is 24.1 Å². The highest BCUT2D eigenvalue weighted by Gasteiger charge is 2.05. The Hall–Kier alpha value is -3.09. The van der Waals surface area contributed by atoms with Crippen molar-refractivity contribution in [3.8, 4) is 11.5 Å². The van der Waals surface area contributed by atoms with E-state index in [1.165, 1.54) is 0 Å². The molecule has 0 radical (unpaired) electrons. The number of benzene rings is 3. The molecule has 0 bridgehead atoms. The second-order valence-corrected chi connectivity index (χ2v) is 6.42. The van der Waals surface area contributed by atoms with Crippen LogP contribution in [0, 0.1) is 0 Å². The second kappa shape index (κ2) is 10.5. The zero-order chi connectivity index (χ0) is 20.5. The predicted octanol–water partition coefficient (Wildman–Crippen LogP) is 4.16. The molecule has 0 aliphatic rings. The molecule has 0 aromatic heterocycles. The van der Waals surface area contributed by atoms with Crippen molar-refractivity contribution in [1.82, 2.24) is 0 Å². The van der Waals surface area contributed by atoms with Crippen LogP contribution in [0.5, 0.6) is 11.5 Å². The molecule has 3 aromatic carbocycles. The first kappa shape index (κ1) is 20.6. The Morgan fingerprint density at radius 3 is 2.24 bits per heavy atom. The highest BCUT2D eigenvalue weighted by atomic mass is 16.5. The quantitative estimate of drug-likeness (QED) is 0.491.